The number of esters is 3. The predicted octanol–water partition coefficient (Wildman–Crippen LogP) is 26.3. The number of hydrogen-bond donors (Lipinski definition) is 4. The van der Waals surface area contributed by atoms with E-state index in [1.54, 1.807) is 0 Å². The molecule has 0 aliphatic heterocycles. The Labute approximate surface area is 675 Å². The molecule has 0 saturated carbocycles. The normalized spacial score (nSPS) is 14.7. The Morgan fingerprint density at radius 3 is 0.712 bits per heavy atom. The SMILES string of the molecule is CC/C=C\C/C=C\C/C=C\C/C=C\C/C=C\C/C=C\CCCCCCCCCCCCCCCCCCC(=O)OCC(O)COP(=O)(O)OCC(O)COP(=O)(O)OCC(COC(=O)CCCCCCCCC/C=C\C/C=C\C/C=C\C/C=C\C/C=C\CC)OC(=O)CCCCCCCCC/C=C\C/C=C\C/C=C\CC. The van der Waals surface area contributed by atoms with Crippen LogP contribution in [0.2, 0.25) is 0 Å². The van der Waals surface area contributed by atoms with Crippen molar-refractivity contribution in [1.29, 1.82) is 0 Å². The summed E-state index contributed by atoms with van der Waals surface area (Å²) in [6.07, 6.45) is 108. The molecule has 5 atom stereocenters. The highest BCUT2D eigenvalue weighted by Gasteiger charge is 2.29. The van der Waals surface area contributed by atoms with Crippen LogP contribution in [-0.2, 0) is 55.8 Å². The predicted molar refractivity (Wildman–Crippen MR) is 463 cm³/mol. The van der Waals surface area contributed by atoms with Crippen molar-refractivity contribution in [2.24, 2.45) is 0 Å². The standard InChI is InChI=1S/C93H156O16P2/c1-4-7-10-13-16-19-22-25-28-31-33-35-37-38-39-40-41-42-43-44-45-46-47-48-50-52-53-56-58-61-64-67-70-73-76-79-91(96)103-82-88(94)83-105-110(99,100)106-84-89(95)85-107-111(101,102)108-87-90(109-93(98)81-78-75-72-69-66-63-60-55-30-27-24-21-18-15-12-9-6-3)86-104-92(97)80-77-74-71-68-65-62-59-57-54-51-49-36-34-32-29-26-23-20-17-14-11-8-5-2/h7-12,16-21,25-30,33-36,38-39,41-42,51,54,88-90,94-95H,4-6,13-15,22-24,31-32,37,40,43-50,52-53,55-87H2,1-3H3,(H,99,100)(H,101,102)/b10-7-,11-8-,12-9-,19-16-,20-17-,21-18-,28-25-,29-26-,30-27-,35-33-,36-34-,39-38-,42-41-,54-51-. The minimum Gasteiger partial charge on any atom is -0.463 e. The molecule has 18 heteroatoms. The van der Waals surface area contributed by atoms with E-state index in [1.807, 2.05) is 0 Å². The molecule has 0 aromatic heterocycles. The summed E-state index contributed by atoms with van der Waals surface area (Å²) in [5.74, 6) is -1.60. The average molecular weight is 1590 g/mol. The lowest BCUT2D eigenvalue weighted by Crippen LogP contribution is -2.30. The molecule has 4 N–H and O–H groups in total. The minimum atomic E-state index is -4.94. The molecule has 0 amide bonds. The van der Waals surface area contributed by atoms with Crippen LogP contribution < -0.4 is 0 Å². The molecule has 634 valence electrons. The molecule has 0 saturated heterocycles. The van der Waals surface area contributed by atoms with Crippen molar-refractivity contribution in [1.82, 2.24) is 0 Å². The number of phosphoric ester groups is 2. The summed E-state index contributed by atoms with van der Waals surface area (Å²) in [5, 5.41) is 20.7. The van der Waals surface area contributed by atoms with Crippen molar-refractivity contribution in [2.75, 3.05) is 39.6 Å². The molecule has 16 nitrogen and oxygen atoms in total. The van der Waals surface area contributed by atoms with Gasteiger partial charge < -0.3 is 34.2 Å². The van der Waals surface area contributed by atoms with Gasteiger partial charge in [0.2, 0.25) is 0 Å². The van der Waals surface area contributed by atoms with Gasteiger partial charge in [-0.1, -0.05) is 345 Å². The van der Waals surface area contributed by atoms with Crippen LogP contribution in [0.3, 0.4) is 0 Å². The second-order valence-electron chi connectivity index (χ2n) is 28.5. The summed E-state index contributed by atoms with van der Waals surface area (Å²) < 4.78 is 61.3. The van der Waals surface area contributed by atoms with E-state index in [2.05, 4.69) is 191 Å². The number of carbonyl (C=O) groups excluding carboxylic acids is 3. The summed E-state index contributed by atoms with van der Waals surface area (Å²) in [7, 11) is -9.81. The number of carbonyl (C=O) groups is 3. The van der Waals surface area contributed by atoms with Gasteiger partial charge in [-0.2, -0.15) is 0 Å². The Kier molecular flexibility index (Phi) is 80.4. The number of aliphatic hydroxyl groups excluding tert-OH is 2. The van der Waals surface area contributed by atoms with Gasteiger partial charge in [-0.15, -0.1) is 0 Å². The summed E-state index contributed by atoms with van der Waals surface area (Å²) in [6.45, 7) is 2.34. The molecular formula is C93H156O16P2. The first kappa shape index (κ1) is 106. The fourth-order valence-electron chi connectivity index (χ4n) is 11.4. The lowest BCUT2D eigenvalue weighted by atomic mass is 10.0. The molecule has 0 radical (unpaired) electrons. The van der Waals surface area contributed by atoms with E-state index < -0.39 is 91.5 Å². The molecule has 0 rings (SSSR count). The van der Waals surface area contributed by atoms with Crippen molar-refractivity contribution in [3.05, 3.63) is 170 Å². The minimum absolute atomic E-state index is 0.0865. The smallest absolute Gasteiger partial charge is 0.463 e. The Balaban J connectivity index is 4.49. The third-order valence-corrected chi connectivity index (χ3v) is 19.8. The molecule has 0 aliphatic rings. The van der Waals surface area contributed by atoms with E-state index >= 15 is 0 Å². The summed E-state index contributed by atoms with van der Waals surface area (Å²) >= 11 is 0. The van der Waals surface area contributed by atoms with Crippen LogP contribution in [-0.4, -0.2) is 95.9 Å². The molecule has 0 spiro atoms. The zero-order chi connectivity index (χ0) is 80.8. The van der Waals surface area contributed by atoms with Gasteiger partial charge in [0.15, 0.2) is 6.10 Å². The van der Waals surface area contributed by atoms with Crippen LogP contribution in [0.15, 0.2) is 170 Å². The summed E-state index contributed by atoms with van der Waals surface area (Å²) in [6, 6.07) is 0. The Morgan fingerprint density at radius 1 is 0.252 bits per heavy atom. The van der Waals surface area contributed by atoms with E-state index in [-0.39, 0.29) is 19.3 Å². The molecule has 0 bridgehead atoms. The Morgan fingerprint density at radius 2 is 0.450 bits per heavy atom. The van der Waals surface area contributed by atoms with Gasteiger partial charge >= 0.3 is 33.6 Å². The summed E-state index contributed by atoms with van der Waals surface area (Å²) in [4.78, 5) is 58.8. The number of ether oxygens (including phenoxy) is 3. The molecule has 111 heavy (non-hydrogen) atoms. The highest BCUT2D eigenvalue weighted by molar-refractivity contribution is 7.47. The van der Waals surface area contributed by atoms with Crippen LogP contribution in [0.25, 0.3) is 0 Å². The third kappa shape index (κ3) is 85.6. The zero-order valence-electron chi connectivity index (χ0n) is 69.6. The molecule has 0 aromatic rings. The van der Waals surface area contributed by atoms with Crippen molar-refractivity contribution in [3.63, 3.8) is 0 Å². The first-order valence-corrected chi connectivity index (χ1v) is 46.4. The molecule has 0 aliphatic carbocycles. The fraction of sp³-hybridized carbons (Fsp3) is 0.667. The van der Waals surface area contributed by atoms with E-state index in [0.717, 1.165) is 199 Å². The Bertz CT molecular complexity index is 2700. The van der Waals surface area contributed by atoms with Crippen LogP contribution in [0.1, 0.15) is 342 Å². The zero-order valence-corrected chi connectivity index (χ0v) is 71.4. The van der Waals surface area contributed by atoms with Crippen molar-refractivity contribution < 1.29 is 75.8 Å². The first-order chi connectivity index (χ1) is 54.2. The molecule has 0 fully saturated rings. The van der Waals surface area contributed by atoms with Gasteiger partial charge in [-0.05, 0) is 148 Å². The lowest BCUT2D eigenvalue weighted by Gasteiger charge is -2.21. The van der Waals surface area contributed by atoms with Crippen molar-refractivity contribution >= 4 is 33.6 Å². The monoisotopic (exact) mass is 1590 g/mol. The van der Waals surface area contributed by atoms with Gasteiger partial charge in [0, 0.05) is 19.3 Å². The number of unbranched alkanes of at least 4 members (excludes halogenated alkanes) is 30. The van der Waals surface area contributed by atoms with Crippen LogP contribution >= 0.6 is 15.6 Å². The third-order valence-electron chi connectivity index (χ3n) is 17.9. The van der Waals surface area contributed by atoms with Crippen LogP contribution in [0.5, 0.6) is 0 Å². The second kappa shape index (κ2) is 84.3. The highest BCUT2D eigenvalue weighted by Crippen LogP contribution is 2.45. The van der Waals surface area contributed by atoms with Crippen molar-refractivity contribution in [3.8, 4) is 0 Å². The Hall–Kier alpha value is -5.09. The number of hydrogen-bond acceptors (Lipinski definition) is 14. The number of allylic oxidation sites excluding steroid dienone is 28. The van der Waals surface area contributed by atoms with E-state index in [0.29, 0.717) is 19.3 Å². The number of aliphatic hydroxyl groups is 2. The number of rotatable bonds is 81. The topological polar surface area (TPSA) is 231 Å². The molecular weight excluding hydrogens is 1430 g/mol. The first-order valence-electron chi connectivity index (χ1n) is 43.4. The van der Waals surface area contributed by atoms with Gasteiger partial charge in [-0.25, -0.2) is 9.13 Å². The van der Waals surface area contributed by atoms with Gasteiger partial charge in [0.25, 0.3) is 0 Å². The van der Waals surface area contributed by atoms with E-state index in [1.165, 1.54) is 83.5 Å². The maximum absolute atomic E-state index is 13.0. The molecule has 0 heterocycles. The average Bonchev–Trinajstić information content (AvgIpc) is 0.901. The van der Waals surface area contributed by atoms with Crippen molar-refractivity contribution in [2.45, 2.75) is 360 Å². The summed E-state index contributed by atoms with van der Waals surface area (Å²) in [5.41, 5.74) is 0. The maximum atomic E-state index is 13.0. The molecule has 5 unspecified atom stereocenters. The van der Waals surface area contributed by atoms with E-state index in [4.69, 9.17) is 32.3 Å². The maximum Gasteiger partial charge on any atom is 0.472 e. The molecule has 0 aromatic carbocycles. The van der Waals surface area contributed by atoms with Gasteiger partial charge in [0.05, 0.1) is 26.4 Å². The fourth-order valence-corrected chi connectivity index (χ4v) is 13.0. The van der Waals surface area contributed by atoms with Gasteiger partial charge in [-0.3, -0.25) is 32.5 Å². The second-order valence-corrected chi connectivity index (χ2v) is 31.5. The largest absolute Gasteiger partial charge is 0.472 e. The van der Waals surface area contributed by atoms with E-state index in [9.17, 15) is 43.5 Å². The van der Waals surface area contributed by atoms with Gasteiger partial charge in [0.1, 0.15) is 25.4 Å². The van der Waals surface area contributed by atoms with Crippen LogP contribution in [0, 0.1) is 0 Å². The lowest BCUT2D eigenvalue weighted by molar-refractivity contribution is -0.161. The van der Waals surface area contributed by atoms with Crippen LogP contribution in [0.4, 0.5) is 0 Å². The highest BCUT2D eigenvalue weighted by atomic mass is 31.2. The quantitative estimate of drug-likeness (QED) is 0.0146. The number of phosphoric acid groups is 2.